The minimum atomic E-state index is 0.500. The van der Waals surface area contributed by atoms with Crippen LogP contribution in [0.3, 0.4) is 0 Å². The third-order valence-electron chi connectivity index (χ3n) is 1.79. The Morgan fingerprint density at radius 3 is 2.56 bits per heavy atom. The van der Waals surface area contributed by atoms with Crippen LogP contribution in [0.25, 0.3) is 0 Å². The van der Waals surface area contributed by atoms with Crippen molar-refractivity contribution in [2.24, 2.45) is 4.99 Å². The number of carbonyl (C=O) groups is 1. The van der Waals surface area contributed by atoms with Crippen LogP contribution in [-0.2, 0) is 4.79 Å². The number of halogens is 3. The number of allylic oxidation sites excluding steroid dienone is 1. The van der Waals surface area contributed by atoms with Gasteiger partial charge in [0.2, 0.25) is 0 Å². The number of benzene rings is 1. The summed E-state index contributed by atoms with van der Waals surface area (Å²) >= 11 is 16.6. The van der Waals surface area contributed by atoms with E-state index in [1.165, 1.54) is 17.8 Å². The van der Waals surface area contributed by atoms with Gasteiger partial charge in [-0.2, -0.15) is 0 Å². The third-order valence-corrected chi connectivity index (χ3v) is 3.98. The lowest BCUT2D eigenvalue weighted by atomic mass is 10.3. The molecule has 1 N–H and O–H groups in total. The Hall–Kier alpha value is -0.490. The van der Waals surface area contributed by atoms with E-state index in [4.69, 9.17) is 23.2 Å². The van der Waals surface area contributed by atoms with Crippen LogP contribution >= 0.6 is 50.9 Å². The summed E-state index contributed by atoms with van der Waals surface area (Å²) in [5.41, 5.74) is 0.584. The minimum Gasteiger partial charge on any atom is -0.332 e. The molecule has 1 aromatic rings. The lowest BCUT2D eigenvalue weighted by Gasteiger charge is -2.11. The molecule has 1 rings (SSSR count). The Labute approximate surface area is 128 Å². The van der Waals surface area contributed by atoms with E-state index in [0.717, 1.165) is 0 Å². The quantitative estimate of drug-likeness (QED) is 0.368. The minimum absolute atomic E-state index is 0.500. The van der Waals surface area contributed by atoms with Gasteiger partial charge in [0.1, 0.15) is 6.29 Å². The normalized spacial score (nSPS) is 12.4. The maximum atomic E-state index is 10.3. The summed E-state index contributed by atoms with van der Waals surface area (Å²) in [6.45, 7) is 0. The Balaban J connectivity index is 2.88. The van der Waals surface area contributed by atoms with Gasteiger partial charge in [-0.1, -0.05) is 29.3 Å². The van der Waals surface area contributed by atoms with Crippen molar-refractivity contribution in [2.75, 3.05) is 12.4 Å². The van der Waals surface area contributed by atoms with Gasteiger partial charge in [0, 0.05) is 7.05 Å². The van der Waals surface area contributed by atoms with E-state index < -0.39 is 0 Å². The highest BCUT2D eigenvalue weighted by Gasteiger charge is 2.09. The molecule has 0 radical (unpaired) electrons. The van der Waals surface area contributed by atoms with Crippen molar-refractivity contribution in [3.05, 3.63) is 38.1 Å². The number of para-hydroxylation sites is 1. The average Bonchev–Trinajstić information content (AvgIpc) is 2.33. The summed E-state index contributed by atoms with van der Waals surface area (Å²) < 4.78 is 0.633. The number of nitrogens with zero attached hydrogens (tertiary/aromatic N) is 1. The number of hydrogen-bond acceptors (Lipinski definition) is 3. The molecule has 0 saturated carbocycles. The van der Waals surface area contributed by atoms with Crippen LogP contribution in [0.4, 0.5) is 5.69 Å². The zero-order valence-electron chi connectivity index (χ0n) is 9.28. The summed E-state index contributed by atoms with van der Waals surface area (Å²) in [6, 6.07) is 5.21. The van der Waals surface area contributed by atoms with Crippen molar-refractivity contribution in [3.8, 4) is 0 Å². The maximum Gasteiger partial charge on any atom is 0.166 e. The van der Waals surface area contributed by atoms with Crippen molar-refractivity contribution >= 4 is 68.0 Å². The Bertz CT molecular complexity index is 486. The molecule has 0 aromatic heterocycles. The lowest BCUT2D eigenvalue weighted by Crippen LogP contribution is -2.08. The first-order chi connectivity index (χ1) is 8.58. The second-order valence-electron chi connectivity index (χ2n) is 2.96. The number of carbonyl (C=O) groups excluding carboxylic acids is 1. The smallest absolute Gasteiger partial charge is 0.166 e. The first kappa shape index (κ1) is 15.6. The molecule has 96 valence electrons. The molecule has 0 heterocycles. The van der Waals surface area contributed by atoms with Gasteiger partial charge in [0.25, 0.3) is 0 Å². The van der Waals surface area contributed by atoms with Gasteiger partial charge in [-0.15, -0.1) is 0 Å². The molecule has 0 aliphatic carbocycles. The van der Waals surface area contributed by atoms with Crippen LogP contribution < -0.4 is 5.32 Å². The van der Waals surface area contributed by atoms with E-state index in [-0.39, 0.29) is 0 Å². The fourth-order valence-corrected chi connectivity index (χ4v) is 2.64. The fourth-order valence-electron chi connectivity index (χ4n) is 1.03. The van der Waals surface area contributed by atoms with Gasteiger partial charge in [0.15, 0.2) is 5.17 Å². The van der Waals surface area contributed by atoms with Crippen molar-refractivity contribution in [1.82, 2.24) is 0 Å². The highest BCUT2D eigenvalue weighted by Crippen LogP contribution is 2.32. The number of hydrogen-bond donors (Lipinski definition) is 1. The largest absolute Gasteiger partial charge is 0.332 e. The van der Waals surface area contributed by atoms with E-state index in [2.05, 4.69) is 26.2 Å². The Morgan fingerprint density at radius 2 is 2.06 bits per heavy atom. The van der Waals surface area contributed by atoms with Gasteiger partial charge in [-0.05, 0) is 45.9 Å². The van der Waals surface area contributed by atoms with Crippen LogP contribution in [0.2, 0.25) is 10.0 Å². The van der Waals surface area contributed by atoms with Crippen molar-refractivity contribution in [3.63, 3.8) is 0 Å². The number of rotatable bonds is 3. The Kier molecular flexibility index (Phi) is 6.78. The number of aldehydes is 1. The molecule has 0 saturated heterocycles. The molecule has 18 heavy (non-hydrogen) atoms. The van der Waals surface area contributed by atoms with E-state index >= 15 is 0 Å². The standard InChI is InChI=1S/C11H9BrCl2N2OS/c1-15-11(18-9(12)5-6-17)16-10-7(13)3-2-4-8(10)14/h2-6H,1H3,(H,15,16)/b9-5+. The van der Waals surface area contributed by atoms with E-state index in [9.17, 15) is 4.79 Å². The van der Waals surface area contributed by atoms with Crippen LogP contribution in [-0.4, -0.2) is 18.5 Å². The molecule has 0 atom stereocenters. The first-order valence-electron chi connectivity index (χ1n) is 4.75. The molecule has 0 fully saturated rings. The highest BCUT2D eigenvalue weighted by molar-refractivity contribution is 9.14. The molecule has 3 nitrogen and oxygen atoms in total. The van der Waals surface area contributed by atoms with Gasteiger partial charge < -0.3 is 5.32 Å². The zero-order valence-corrected chi connectivity index (χ0v) is 13.2. The fraction of sp³-hybridized carbons (Fsp3) is 0.0909. The van der Waals surface area contributed by atoms with Crippen molar-refractivity contribution in [1.29, 1.82) is 0 Å². The van der Waals surface area contributed by atoms with Crippen LogP contribution in [0.1, 0.15) is 0 Å². The number of nitrogens with one attached hydrogen (secondary N) is 1. The van der Waals surface area contributed by atoms with Crippen LogP contribution in [0, 0.1) is 0 Å². The number of aliphatic imine (C=N–C) groups is 1. The summed E-state index contributed by atoms with van der Waals surface area (Å²) in [4.78, 5) is 14.4. The van der Waals surface area contributed by atoms with Gasteiger partial charge >= 0.3 is 0 Å². The molecular weight excluding hydrogens is 359 g/mol. The van der Waals surface area contributed by atoms with Crippen molar-refractivity contribution < 1.29 is 4.79 Å². The van der Waals surface area contributed by atoms with Gasteiger partial charge in [-0.3, -0.25) is 9.79 Å². The Morgan fingerprint density at radius 1 is 1.44 bits per heavy atom. The van der Waals surface area contributed by atoms with Crippen LogP contribution in [0.15, 0.2) is 33.1 Å². The first-order valence-corrected chi connectivity index (χ1v) is 7.11. The lowest BCUT2D eigenvalue weighted by molar-refractivity contribution is -0.104. The molecule has 1 aromatic carbocycles. The average molecular weight is 368 g/mol. The summed E-state index contributed by atoms with van der Waals surface area (Å²) in [6.07, 6.45) is 2.07. The van der Waals surface area contributed by atoms with Crippen molar-refractivity contribution in [2.45, 2.75) is 0 Å². The van der Waals surface area contributed by atoms with Crippen LogP contribution in [0.5, 0.6) is 0 Å². The number of amidine groups is 1. The highest BCUT2D eigenvalue weighted by atomic mass is 79.9. The SMILES string of the molecule is CN=C(Nc1c(Cl)cccc1Cl)S/C(Br)=C/C=O. The molecule has 0 bridgehead atoms. The monoisotopic (exact) mass is 366 g/mol. The predicted molar refractivity (Wildman–Crippen MR) is 84.1 cm³/mol. The topological polar surface area (TPSA) is 41.5 Å². The molecule has 7 heteroatoms. The zero-order chi connectivity index (χ0) is 13.5. The second kappa shape index (κ2) is 7.84. The molecule has 0 amide bonds. The summed E-state index contributed by atoms with van der Waals surface area (Å²) in [7, 11) is 1.63. The van der Waals surface area contributed by atoms with E-state index in [0.29, 0.717) is 31.0 Å². The third kappa shape index (κ3) is 4.65. The predicted octanol–water partition coefficient (Wildman–Crippen LogP) is 4.56. The molecule has 0 unspecified atom stereocenters. The molecule has 0 aliphatic heterocycles. The second-order valence-corrected chi connectivity index (χ2v) is 6.18. The molecule has 0 spiro atoms. The molecule has 0 aliphatic rings. The van der Waals surface area contributed by atoms with E-state index in [1.807, 2.05) is 0 Å². The van der Waals surface area contributed by atoms with E-state index in [1.54, 1.807) is 25.2 Å². The van der Waals surface area contributed by atoms with Gasteiger partial charge in [-0.25, -0.2) is 0 Å². The molecular formula is C11H9BrCl2N2OS. The summed E-state index contributed by atoms with van der Waals surface area (Å²) in [5, 5.41) is 4.58. The maximum absolute atomic E-state index is 10.3. The number of thioether (sulfide) groups is 1. The van der Waals surface area contributed by atoms with Gasteiger partial charge in [0.05, 0.1) is 19.5 Å². The summed E-state index contributed by atoms with van der Waals surface area (Å²) in [5.74, 6) is 0. The number of anilines is 1.